The maximum Gasteiger partial charge on any atom is 0.190 e. The number of fused-ring (bicyclic) bond motifs is 1. The summed E-state index contributed by atoms with van der Waals surface area (Å²) in [6, 6.07) is 0. The van der Waals surface area contributed by atoms with Gasteiger partial charge in [0.2, 0.25) is 0 Å². The second kappa shape index (κ2) is 4.79. The van der Waals surface area contributed by atoms with Crippen LogP contribution in [0, 0.1) is 0 Å². The molecule has 17 heavy (non-hydrogen) atoms. The molecule has 0 amide bonds. The fraction of sp³-hybridized carbons (Fsp3) is 1.00. The molecule has 2 N–H and O–H groups in total. The van der Waals surface area contributed by atoms with Gasteiger partial charge in [-0.2, -0.15) is 0 Å². The highest BCUT2D eigenvalue weighted by Gasteiger charge is 2.56. The molecule has 0 aliphatic carbocycles. The van der Waals surface area contributed by atoms with Crippen molar-refractivity contribution in [3.63, 3.8) is 0 Å². The fourth-order valence-electron chi connectivity index (χ4n) is 2.44. The Balaban J connectivity index is 2.10. The summed E-state index contributed by atoms with van der Waals surface area (Å²) in [5, 5.41) is 0. The lowest BCUT2D eigenvalue weighted by molar-refractivity contribution is -0.228. The molecular formula is C11H21NO5. The van der Waals surface area contributed by atoms with Crippen LogP contribution in [0.2, 0.25) is 0 Å². The van der Waals surface area contributed by atoms with E-state index in [1.807, 2.05) is 13.8 Å². The van der Waals surface area contributed by atoms with E-state index < -0.39 is 12.1 Å². The first-order valence-corrected chi connectivity index (χ1v) is 5.79. The zero-order valence-electron chi connectivity index (χ0n) is 10.7. The van der Waals surface area contributed by atoms with Gasteiger partial charge in [-0.05, 0) is 13.8 Å². The molecule has 2 saturated heterocycles. The second-order valence-electron chi connectivity index (χ2n) is 4.78. The predicted octanol–water partition coefficient (Wildman–Crippen LogP) is -0.148. The van der Waals surface area contributed by atoms with Crippen molar-refractivity contribution < 1.29 is 23.7 Å². The Hall–Kier alpha value is -0.240. The van der Waals surface area contributed by atoms with E-state index in [1.54, 1.807) is 14.2 Å². The lowest BCUT2D eigenvalue weighted by atomic mass is 10.1. The number of nitrogens with two attached hydrogens (primary N) is 1. The van der Waals surface area contributed by atoms with Crippen LogP contribution in [-0.2, 0) is 23.7 Å². The van der Waals surface area contributed by atoms with Gasteiger partial charge in [-0.1, -0.05) is 0 Å². The Labute approximate surface area is 101 Å². The number of hydrogen-bond acceptors (Lipinski definition) is 6. The number of methoxy groups -OCH3 is 2. The molecule has 2 aliphatic rings. The summed E-state index contributed by atoms with van der Waals surface area (Å²) >= 11 is 0. The molecule has 0 aromatic rings. The van der Waals surface area contributed by atoms with Gasteiger partial charge in [0.1, 0.15) is 18.3 Å². The van der Waals surface area contributed by atoms with Crippen LogP contribution >= 0.6 is 0 Å². The molecule has 0 aromatic carbocycles. The van der Waals surface area contributed by atoms with Gasteiger partial charge in [-0.25, -0.2) is 0 Å². The first-order chi connectivity index (χ1) is 8.02. The van der Waals surface area contributed by atoms with Gasteiger partial charge in [0, 0.05) is 20.8 Å². The van der Waals surface area contributed by atoms with E-state index in [-0.39, 0.29) is 24.4 Å². The summed E-state index contributed by atoms with van der Waals surface area (Å²) in [5.74, 6) is -0.637. The van der Waals surface area contributed by atoms with Crippen LogP contribution in [0.5, 0.6) is 0 Å². The highest BCUT2D eigenvalue weighted by molar-refractivity contribution is 4.97. The van der Waals surface area contributed by atoms with Crippen molar-refractivity contribution in [3.05, 3.63) is 0 Å². The molecule has 0 aromatic heterocycles. The third-order valence-electron chi connectivity index (χ3n) is 3.20. The topological polar surface area (TPSA) is 72.2 Å². The van der Waals surface area contributed by atoms with E-state index in [1.165, 1.54) is 0 Å². The summed E-state index contributed by atoms with van der Waals surface area (Å²) in [6.45, 7) is 4.07. The molecule has 6 nitrogen and oxygen atoms in total. The van der Waals surface area contributed by atoms with E-state index in [9.17, 15) is 0 Å². The molecule has 0 spiro atoms. The Morgan fingerprint density at radius 1 is 1.29 bits per heavy atom. The number of hydrogen-bond donors (Lipinski definition) is 1. The minimum absolute atomic E-state index is 0.221. The minimum atomic E-state index is -0.637. The molecule has 2 fully saturated rings. The van der Waals surface area contributed by atoms with E-state index >= 15 is 0 Å². The average Bonchev–Trinajstić information content (AvgIpc) is 2.71. The lowest BCUT2D eigenvalue weighted by Crippen LogP contribution is -2.45. The normalized spacial score (nSPS) is 41.5. The highest BCUT2D eigenvalue weighted by atomic mass is 16.8. The van der Waals surface area contributed by atoms with Crippen LogP contribution in [0.4, 0.5) is 0 Å². The largest absolute Gasteiger partial charge is 0.377 e. The SMILES string of the molecule is CO[C@@H]1[C@H]2OC(C)(C)O[C@H]2O[C@@H]1[C@@H](CN)OC. The molecule has 0 unspecified atom stereocenters. The summed E-state index contributed by atoms with van der Waals surface area (Å²) in [6.07, 6.45) is -1.36. The van der Waals surface area contributed by atoms with Crippen LogP contribution < -0.4 is 5.73 Å². The van der Waals surface area contributed by atoms with Crippen molar-refractivity contribution in [1.82, 2.24) is 0 Å². The van der Waals surface area contributed by atoms with Crippen LogP contribution in [0.3, 0.4) is 0 Å². The van der Waals surface area contributed by atoms with Gasteiger partial charge >= 0.3 is 0 Å². The van der Waals surface area contributed by atoms with Crippen molar-refractivity contribution in [2.45, 2.75) is 50.3 Å². The van der Waals surface area contributed by atoms with E-state index in [0.29, 0.717) is 6.54 Å². The summed E-state index contributed by atoms with van der Waals surface area (Å²) < 4.78 is 28.0. The van der Waals surface area contributed by atoms with Crippen LogP contribution in [0.15, 0.2) is 0 Å². The Morgan fingerprint density at radius 2 is 2.00 bits per heavy atom. The Kier molecular flexibility index (Phi) is 3.72. The molecule has 6 heteroatoms. The maximum absolute atomic E-state index is 5.79. The van der Waals surface area contributed by atoms with E-state index in [2.05, 4.69) is 0 Å². The maximum atomic E-state index is 5.79. The second-order valence-corrected chi connectivity index (χ2v) is 4.78. The predicted molar refractivity (Wildman–Crippen MR) is 59.3 cm³/mol. The highest BCUT2D eigenvalue weighted by Crippen LogP contribution is 2.39. The summed E-state index contributed by atoms with van der Waals surface area (Å²) in [4.78, 5) is 0. The minimum Gasteiger partial charge on any atom is -0.377 e. The quantitative estimate of drug-likeness (QED) is 0.745. The zero-order valence-corrected chi connectivity index (χ0v) is 10.7. The van der Waals surface area contributed by atoms with Crippen molar-refractivity contribution >= 4 is 0 Å². The van der Waals surface area contributed by atoms with Crippen molar-refractivity contribution in [1.29, 1.82) is 0 Å². The molecular weight excluding hydrogens is 226 g/mol. The third kappa shape index (κ3) is 2.33. The molecule has 0 radical (unpaired) electrons. The van der Waals surface area contributed by atoms with Crippen molar-refractivity contribution in [2.24, 2.45) is 5.73 Å². The fourth-order valence-corrected chi connectivity index (χ4v) is 2.44. The smallest absolute Gasteiger partial charge is 0.190 e. The van der Waals surface area contributed by atoms with Crippen molar-refractivity contribution in [2.75, 3.05) is 20.8 Å². The van der Waals surface area contributed by atoms with E-state index in [0.717, 1.165) is 0 Å². The van der Waals surface area contributed by atoms with Crippen LogP contribution in [0.1, 0.15) is 13.8 Å². The van der Waals surface area contributed by atoms with Gasteiger partial charge in [0.05, 0.1) is 6.10 Å². The number of rotatable bonds is 4. The Morgan fingerprint density at radius 3 is 2.53 bits per heavy atom. The van der Waals surface area contributed by atoms with Crippen LogP contribution in [0.25, 0.3) is 0 Å². The molecule has 2 rings (SSSR count). The molecule has 2 aliphatic heterocycles. The van der Waals surface area contributed by atoms with Gasteiger partial charge in [-0.3, -0.25) is 0 Å². The van der Waals surface area contributed by atoms with E-state index in [4.69, 9.17) is 29.4 Å². The Bertz CT molecular complexity index is 269. The standard InChI is InChI=1S/C11H21NO5/c1-11(2)16-9-8(14-4)7(6(5-12)13-3)15-10(9)17-11/h6-10H,5,12H2,1-4H3/t6-,7-,8+,9-,10-/m1/s1. The molecule has 0 saturated carbocycles. The van der Waals surface area contributed by atoms with Gasteiger partial charge in [-0.15, -0.1) is 0 Å². The number of ether oxygens (including phenoxy) is 5. The monoisotopic (exact) mass is 247 g/mol. The molecule has 5 atom stereocenters. The zero-order chi connectivity index (χ0) is 12.6. The summed E-state index contributed by atoms with van der Waals surface area (Å²) in [7, 11) is 3.23. The van der Waals surface area contributed by atoms with Gasteiger partial charge in [0.15, 0.2) is 12.1 Å². The first kappa shape index (κ1) is 13.2. The molecule has 0 bridgehead atoms. The van der Waals surface area contributed by atoms with Crippen LogP contribution in [-0.4, -0.2) is 57.3 Å². The van der Waals surface area contributed by atoms with Gasteiger partial charge in [0.25, 0.3) is 0 Å². The van der Waals surface area contributed by atoms with Gasteiger partial charge < -0.3 is 29.4 Å². The third-order valence-corrected chi connectivity index (χ3v) is 3.20. The summed E-state index contributed by atoms with van der Waals surface area (Å²) in [5.41, 5.74) is 5.64. The lowest BCUT2D eigenvalue weighted by Gasteiger charge is -2.28. The molecule has 2 heterocycles. The molecule has 100 valence electrons. The van der Waals surface area contributed by atoms with Crippen molar-refractivity contribution in [3.8, 4) is 0 Å². The average molecular weight is 247 g/mol. The first-order valence-electron chi connectivity index (χ1n) is 5.79.